The molecule has 0 aliphatic heterocycles. The average Bonchev–Trinajstić information content (AvgIpc) is 2.16. The Morgan fingerprint density at radius 3 is 2.69 bits per heavy atom. The maximum absolute atomic E-state index is 9.61. The quantitative estimate of drug-likeness (QED) is 0.751. The lowest BCUT2D eigenvalue weighted by Gasteiger charge is -2.08. The zero-order valence-corrected chi connectivity index (χ0v) is 8.11. The monoisotopic (exact) mass is 179 g/mol. The minimum atomic E-state index is -0.192. The summed E-state index contributed by atoms with van der Waals surface area (Å²) < 4.78 is 0. The highest BCUT2D eigenvalue weighted by molar-refractivity contribution is 5.10. The topological polar surface area (TPSA) is 33.1 Å². The van der Waals surface area contributed by atoms with Crippen LogP contribution < -0.4 is 0 Å². The van der Waals surface area contributed by atoms with Gasteiger partial charge >= 0.3 is 0 Å². The van der Waals surface area contributed by atoms with Crippen LogP contribution in [0, 0.1) is 0 Å². The van der Waals surface area contributed by atoms with E-state index in [1.54, 1.807) is 12.4 Å². The van der Waals surface area contributed by atoms with Gasteiger partial charge in [0.1, 0.15) is 0 Å². The van der Waals surface area contributed by atoms with E-state index in [1.807, 2.05) is 12.1 Å². The summed E-state index contributed by atoms with van der Waals surface area (Å²) in [5, 5.41) is 9.61. The van der Waals surface area contributed by atoms with Crippen LogP contribution in [0.3, 0.4) is 0 Å². The predicted molar refractivity (Wildman–Crippen MR) is 53.5 cm³/mol. The highest BCUT2D eigenvalue weighted by Gasteiger charge is 2.03. The minimum Gasteiger partial charge on any atom is -0.393 e. The number of rotatable bonds is 5. The molecule has 0 amide bonds. The molecular weight excluding hydrogens is 162 g/mol. The number of unbranched alkanes of at least 4 members (excludes halogenated alkanes) is 1. The SMILES string of the molecule is CCCCC(O)Cc1ccncc1. The van der Waals surface area contributed by atoms with E-state index < -0.39 is 0 Å². The first-order chi connectivity index (χ1) is 6.33. The lowest BCUT2D eigenvalue weighted by atomic mass is 10.0. The lowest BCUT2D eigenvalue weighted by molar-refractivity contribution is 0.162. The van der Waals surface area contributed by atoms with Crippen LogP contribution in [0.25, 0.3) is 0 Å². The Morgan fingerprint density at radius 2 is 2.08 bits per heavy atom. The van der Waals surface area contributed by atoms with E-state index in [2.05, 4.69) is 11.9 Å². The fraction of sp³-hybridized carbons (Fsp3) is 0.545. The van der Waals surface area contributed by atoms with Crippen molar-refractivity contribution in [3.05, 3.63) is 30.1 Å². The molecular formula is C11H17NO. The zero-order valence-electron chi connectivity index (χ0n) is 8.11. The number of aliphatic hydroxyl groups is 1. The number of aromatic nitrogens is 1. The molecule has 1 aromatic rings. The molecule has 1 heterocycles. The molecule has 0 aromatic carbocycles. The van der Waals surface area contributed by atoms with Crippen LogP contribution in [0.1, 0.15) is 31.7 Å². The average molecular weight is 179 g/mol. The van der Waals surface area contributed by atoms with Gasteiger partial charge in [0.15, 0.2) is 0 Å². The number of hydrogen-bond donors (Lipinski definition) is 1. The van der Waals surface area contributed by atoms with Gasteiger partial charge in [-0.25, -0.2) is 0 Å². The van der Waals surface area contributed by atoms with E-state index in [0.717, 1.165) is 25.7 Å². The Hall–Kier alpha value is -0.890. The van der Waals surface area contributed by atoms with E-state index in [0.29, 0.717) is 0 Å². The molecule has 0 fully saturated rings. The van der Waals surface area contributed by atoms with Crippen molar-refractivity contribution in [1.82, 2.24) is 4.98 Å². The van der Waals surface area contributed by atoms with E-state index in [-0.39, 0.29) is 6.10 Å². The highest BCUT2D eigenvalue weighted by atomic mass is 16.3. The maximum atomic E-state index is 9.61. The van der Waals surface area contributed by atoms with E-state index in [1.165, 1.54) is 5.56 Å². The second-order valence-electron chi connectivity index (χ2n) is 3.36. The molecule has 1 aromatic heterocycles. The van der Waals surface area contributed by atoms with Gasteiger partial charge in [0.2, 0.25) is 0 Å². The second kappa shape index (κ2) is 5.70. The van der Waals surface area contributed by atoms with Crippen LogP contribution in [-0.2, 0) is 6.42 Å². The summed E-state index contributed by atoms with van der Waals surface area (Å²) in [6, 6.07) is 3.91. The predicted octanol–water partition coefficient (Wildman–Crippen LogP) is 2.18. The van der Waals surface area contributed by atoms with Crippen LogP contribution in [0.5, 0.6) is 0 Å². The van der Waals surface area contributed by atoms with Gasteiger partial charge in [0.05, 0.1) is 6.10 Å². The smallest absolute Gasteiger partial charge is 0.0580 e. The molecule has 72 valence electrons. The summed E-state index contributed by atoms with van der Waals surface area (Å²) in [5.74, 6) is 0. The molecule has 0 aliphatic carbocycles. The van der Waals surface area contributed by atoms with Crippen molar-refractivity contribution in [1.29, 1.82) is 0 Å². The summed E-state index contributed by atoms with van der Waals surface area (Å²) in [7, 11) is 0. The first-order valence-corrected chi connectivity index (χ1v) is 4.90. The van der Waals surface area contributed by atoms with Crippen molar-refractivity contribution in [2.45, 2.75) is 38.7 Å². The van der Waals surface area contributed by atoms with Crippen LogP contribution >= 0.6 is 0 Å². The van der Waals surface area contributed by atoms with E-state index in [4.69, 9.17) is 0 Å². The number of hydrogen-bond acceptors (Lipinski definition) is 2. The van der Waals surface area contributed by atoms with Gasteiger partial charge in [0.25, 0.3) is 0 Å². The van der Waals surface area contributed by atoms with Gasteiger partial charge in [-0.15, -0.1) is 0 Å². The Morgan fingerprint density at radius 1 is 1.38 bits per heavy atom. The van der Waals surface area contributed by atoms with E-state index in [9.17, 15) is 5.11 Å². The molecule has 0 spiro atoms. The maximum Gasteiger partial charge on any atom is 0.0580 e. The van der Waals surface area contributed by atoms with Gasteiger partial charge in [-0.3, -0.25) is 4.98 Å². The third kappa shape index (κ3) is 4.04. The van der Waals surface area contributed by atoms with Crippen LogP contribution in [-0.4, -0.2) is 16.2 Å². The number of aliphatic hydroxyl groups excluding tert-OH is 1. The van der Waals surface area contributed by atoms with Gasteiger partial charge < -0.3 is 5.11 Å². The van der Waals surface area contributed by atoms with Crippen molar-refractivity contribution < 1.29 is 5.11 Å². The lowest BCUT2D eigenvalue weighted by Crippen LogP contribution is -2.09. The summed E-state index contributed by atoms with van der Waals surface area (Å²) >= 11 is 0. The molecule has 1 rings (SSSR count). The molecule has 2 nitrogen and oxygen atoms in total. The van der Waals surface area contributed by atoms with Crippen molar-refractivity contribution in [2.24, 2.45) is 0 Å². The molecule has 1 atom stereocenters. The largest absolute Gasteiger partial charge is 0.393 e. The van der Waals surface area contributed by atoms with Gasteiger partial charge in [0, 0.05) is 12.4 Å². The number of pyridine rings is 1. The zero-order chi connectivity index (χ0) is 9.52. The van der Waals surface area contributed by atoms with Crippen molar-refractivity contribution >= 4 is 0 Å². The second-order valence-corrected chi connectivity index (χ2v) is 3.36. The van der Waals surface area contributed by atoms with Crippen molar-refractivity contribution in [2.75, 3.05) is 0 Å². The molecule has 1 unspecified atom stereocenters. The van der Waals surface area contributed by atoms with E-state index >= 15 is 0 Å². The minimum absolute atomic E-state index is 0.192. The molecule has 0 saturated carbocycles. The molecule has 0 aliphatic rings. The Bertz CT molecular complexity index is 223. The van der Waals surface area contributed by atoms with Gasteiger partial charge in [-0.2, -0.15) is 0 Å². The van der Waals surface area contributed by atoms with Crippen LogP contribution in [0.15, 0.2) is 24.5 Å². The third-order valence-electron chi connectivity index (χ3n) is 2.11. The summed E-state index contributed by atoms with van der Waals surface area (Å²) in [4.78, 5) is 3.93. The Kier molecular flexibility index (Phi) is 4.47. The van der Waals surface area contributed by atoms with Gasteiger partial charge in [-0.05, 0) is 30.5 Å². The van der Waals surface area contributed by atoms with Crippen molar-refractivity contribution in [3.8, 4) is 0 Å². The number of nitrogens with zero attached hydrogens (tertiary/aromatic N) is 1. The normalized spacial score (nSPS) is 12.8. The molecule has 1 N–H and O–H groups in total. The molecule has 0 bridgehead atoms. The molecule has 0 radical (unpaired) electrons. The highest BCUT2D eigenvalue weighted by Crippen LogP contribution is 2.07. The molecule has 2 heteroatoms. The van der Waals surface area contributed by atoms with Crippen LogP contribution in [0.4, 0.5) is 0 Å². The summed E-state index contributed by atoms with van der Waals surface area (Å²) in [5.41, 5.74) is 1.17. The summed E-state index contributed by atoms with van der Waals surface area (Å²) in [6.45, 7) is 2.14. The Balaban J connectivity index is 2.32. The first-order valence-electron chi connectivity index (χ1n) is 4.90. The Labute approximate surface area is 79.6 Å². The van der Waals surface area contributed by atoms with Crippen LogP contribution in [0.2, 0.25) is 0 Å². The first kappa shape index (κ1) is 10.2. The fourth-order valence-electron chi connectivity index (χ4n) is 1.33. The molecule has 13 heavy (non-hydrogen) atoms. The fourth-order valence-corrected chi connectivity index (χ4v) is 1.33. The third-order valence-corrected chi connectivity index (χ3v) is 2.11. The summed E-state index contributed by atoms with van der Waals surface area (Å²) in [6.07, 6.45) is 7.24. The van der Waals surface area contributed by atoms with Crippen molar-refractivity contribution in [3.63, 3.8) is 0 Å². The van der Waals surface area contributed by atoms with Gasteiger partial charge in [-0.1, -0.05) is 19.8 Å². The molecule has 0 saturated heterocycles. The standard InChI is InChI=1S/C11H17NO/c1-2-3-4-11(13)9-10-5-7-12-8-6-10/h5-8,11,13H,2-4,9H2,1H3.